The number of pyridine rings is 1. The van der Waals surface area contributed by atoms with E-state index < -0.39 is 13.0 Å². The Balaban J connectivity index is 2.66. The molecule has 0 saturated heterocycles. The first-order valence-electron chi connectivity index (χ1n) is 6.35. The van der Waals surface area contributed by atoms with E-state index in [1.165, 1.54) is 4.90 Å². The van der Waals surface area contributed by atoms with Gasteiger partial charge in [0.15, 0.2) is 0 Å². The molecule has 0 saturated carbocycles. The molecule has 0 aliphatic heterocycles. The lowest BCUT2D eigenvalue weighted by molar-refractivity contribution is 0.152. The second kappa shape index (κ2) is 8.01. The van der Waals surface area contributed by atoms with E-state index in [0.29, 0.717) is 18.4 Å². The summed E-state index contributed by atoms with van der Waals surface area (Å²) >= 11 is 0. The van der Waals surface area contributed by atoms with Gasteiger partial charge in [-0.2, -0.15) is 0 Å². The van der Waals surface area contributed by atoms with Crippen LogP contribution in [0.25, 0.3) is 0 Å². The van der Waals surface area contributed by atoms with Gasteiger partial charge in [-0.15, -0.1) is 0 Å². The van der Waals surface area contributed by atoms with Crippen molar-refractivity contribution in [3.05, 3.63) is 23.9 Å². The summed E-state index contributed by atoms with van der Waals surface area (Å²) in [6.07, 6.45) is -0.781. The number of aromatic nitrogens is 1. The van der Waals surface area contributed by atoms with Crippen molar-refractivity contribution >= 4 is 5.82 Å². The van der Waals surface area contributed by atoms with Gasteiger partial charge in [0.05, 0.1) is 13.2 Å². The van der Waals surface area contributed by atoms with Crippen LogP contribution in [0.5, 0.6) is 0 Å². The van der Waals surface area contributed by atoms with E-state index in [9.17, 15) is 8.78 Å². The van der Waals surface area contributed by atoms with E-state index in [1.54, 1.807) is 12.3 Å². The van der Waals surface area contributed by atoms with Crippen molar-refractivity contribution < 1.29 is 13.9 Å². The molecule has 0 aliphatic carbocycles. The Morgan fingerprint density at radius 3 is 2.58 bits per heavy atom. The van der Waals surface area contributed by atoms with Gasteiger partial charge in [-0.05, 0) is 11.6 Å². The minimum absolute atomic E-state index is 0.154. The lowest BCUT2D eigenvalue weighted by Crippen LogP contribution is -2.32. The average Bonchev–Trinajstić information content (AvgIpc) is 2.36. The number of alkyl halides is 2. The van der Waals surface area contributed by atoms with E-state index in [0.717, 1.165) is 5.56 Å². The number of aliphatic hydroxyl groups is 1. The van der Waals surface area contributed by atoms with Gasteiger partial charge in [-0.3, -0.25) is 0 Å². The van der Waals surface area contributed by atoms with E-state index in [1.807, 2.05) is 19.9 Å². The fraction of sp³-hybridized carbons (Fsp3) is 0.615. The second-order valence-electron chi connectivity index (χ2n) is 4.62. The monoisotopic (exact) mass is 273 g/mol. The topological polar surface area (TPSA) is 48.4 Å². The SMILES string of the molecule is CC(C)NCc1ccc(N(CCO)CC(F)F)nc1. The highest BCUT2D eigenvalue weighted by Gasteiger charge is 2.13. The molecular formula is C13H21F2N3O. The predicted octanol–water partition coefficient (Wildman–Crippen LogP) is 1.64. The molecule has 2 N–H and O–H groups in total. The van der Waals surface area contributed by atoms with Crippen molar-refractivity contribution in [3.8, 4) is 0 Å². The van der Waals surface area contributed by atoms with E-state index in [4.69, 9.17) is 5.11 Å². The van der Waals surface area contributed by atoms with Crippen LogP contribution in [0.4, 0.5) is 14.6 Å². The molecule has 0 amide bonds. The number of nitrogens with zero attached hydrogens (tertiary/aromatic N) is 2. The maximum atomic E-state index is 12.4. The lowest BCUT2D eigenvalue weighted by Gasteiger charge is -2.22. The van der Waals surface area contributed by atoms with Crippen molar-refractivity contribution in [1.29, 1.82) is 0 Å². The van der Waals surface area contributed by atoms with Crippen molar-refractivity contribution in [1.82, 2.24) is 10.3 Å². The van der Waals surface area contributed by atoms with Gasteiger partial charge in [-0.25, -0.2) is 13.8 Å². The van der Waals surface area contributed by atoms with Crippen LogP contribution in [-0.4, -0.2) is 42.3 Å². The number of hydrogen-bond acceptors (Lipinski definition) is 4. The molecule has 108 valence electrons. The van der Waals surface area contributed by atoms with Crippen molar-refractivity contribution in [2.45, 2.75) is 32.9 Å². The fourth-order valence-corrected chi connectivity index (χ4v) is 1.62. The number of aliphatic hydroxyl groups excluding tert-OH is 1. The van der Waals surface area contributed by atoms with Gasteiger partial charge in [0.1, 0.15) is 5.82 Å². The van der Waals surface area contributed by atoms with E-state index in [-0.39, 0.29) is 13.2 Å². The zero-order chi connectivity index (χ0) is 14.3. The Hall–Kier alpha value is -1.27. The summed E-state index contributed by atoms with van der Waals surface area (Å²) < 4.78 is 24.8. The van der Waals surface area contributed by atoms with Crippen LogP contribution in [0.15, 0.2) is 18.3 Å². The third-order valence-corrected chi connectivity index (χ3v) is 2.58. The lowest BCUT2D eigenvalue weighted by atomic mass is 10.2. The van der Waals surface area contributed by atoms with Crippen LogP contribution in [0.3, 0.4) is 0 Å². The summed E-state index contributed by atoms with van der Waals surface area (Å²) in [5.41, 5.74) is 0.999. The third kappa shape index (κ3) is 5.94. The summed E-state index contributed by atoms with van der Waals surface area (Å²) in [5.74, 6) is 0.461. The van der Waals surface area contributed by atoms with Crippen molar-refractivity contribution in [3.63, 3.8) is 0 Å². The first kappa shape index (κ1) is 15.8. The van der Waals surface area contributed by atoms with E-state index >= 15 is 0 Å². The van der Waals surface area contributed by atoms with Crippen LogP contribution in [-0.2, 0) is 6.54 Å². The maximum Gasteiger partial charge on any atom is 0.255 e. The first-order valence-corrected chi connectivity index (χ1v) is 6.35. The molecule has 0 aromatic carbocycles. The van der Waals surface area contributed by atoms with Gasteiger partial charge in [0, 0.05) is 25.3 Å². The standard InChI is InChI=1S/C13H21F2N3O/c1-10(2)16-7-11-3-4-13(17-8-11)18(5-6-19)9-12(14)15/h3-4,8,10,12,16,19H,5-7,9H2,1-2H3. The number of hydrogen-bond donors (Lipinski definition) is 2. The molecule has 4 nitrogen and oxygen atoms in total. The molecule has 1 aromatic heterocycles. The first-order chi connectivity index (χ1) is 9.02. The largest absolute Gasteiger partial charge is 0.395 e. The highest BCUT2D eigenvalue weighted by molar-refractivity contribution is 5.39. The summed E-state index contributed by atoms with van der Waals surface area (Å²) in [4.78, 5) is 5.55. The molecule has 0 radical (unpaired) electrons. The Labute approximate surface area is 112 Å². The molecule has 0 aliphatic rings. The Bertz CT molecular complexity index is 357. The molecule has 19 heavy (non-hydrogen) atoms. The van der Waals surface area contributed by atoms with Crippen LogP contribution in [0.1, 0.15) is 19.4 Å². The Morgan fingerprint density at radius 1 is 1.37 bits per heavy atom. The zero-order valence-corrected chi connectivity index (χ0v) is 11.3. The number of halogens is 2. The molecule has 1 rings (SSSR count). The van der Waals surface area contributed by atoms with Crippen molar-refractivity contribution in [2.75, 3.05) is 24.6 Å². The molecule has 0 unspecified atom stereocenters. The molecule has 0 spiro atoms. The molecule has 1 aromatic rings. The van der Waals surface area contributed by atoms with Gasteiger partial charge < -0.3 is 15.3 Å². The van der Waals surface area contributed by atoms with Crippen LogP contribution in [0, 0.1) is 0 Å². The van der Waals surface area contributed by atoms with E-state index in [2.05, 4.69) is 10.3 Å². The third-order valence-electron chi connectivity index (χ3n) is 2.58. The molecule has 6 heteroatoms. The highest BCUT2D eigenvalue weighted by atomic mass is 19.3. The quantitative estimate of drug-likeness (QED) is 0.756. The van der Waals surface area contributed by atoms with Crippen LogP contribution < -0.4 is 10.2 Å². The molecule has 0 bridgehead atoms. The summed E-state index contributed by atoms with van der Waals surface area (Å²) in [7, 11) is 0. The Kier molecular flexibility index (Phi) is 6.66. The molecule has 1 heterocycles. The van der Waals surface area contributed by atoms with Crippen LogP contribution >= 0.6 is 0 Å². The van der Waals surface area contributed by atoms with Gasteiger partial charge in [-0.1, -0.05) is 19.9 Å². The van der Waals surface area contributed by atoms with Gasteiger partial charge in [0.2, 0.25) is 0 Å². The van der Waals surface area contributed by atoms with Gasteiger partial charge in [0.25, 0.3) is 6.43 Å². The summed E-state index contributed by atoms with van der Waals surface area (Å²) in [6, 6.07) is 3.94. The second-order valence-corrected chi connectivity index (χ2v) is 4.62. The molecule has 0 fully saturated rings. The van der Waals surface area contributed by atoms with Crippen LogP contribution in [0.2, 0.25) is 0 Å². The Morgan fingerprint density at radius 2 is 2.11 bits per heavy atom. The molecule has 0 atom stereocenters. The average molecular weight is 273 g/mol. The smallest absolute Gasteiger partial charge is 0.255 e. The minimum Gasteiger partial charge on any atom is -0.395 e. The number of anilines is 1. The summed E-state index contributed by atoms with van der Waals surface area (Å²) in [5, 5.41) is 12.1. The number of nitrogens with one attached hydrogen (secondary N) is 1. The van der Waals surface area contributed by atoms with Crippen molar-refractivity contribution in [2.24, 2.45) is 0 Å². The minimum atomic E-state index is -2.45. The van der Waals surface area contributed by atoms with Gasteiger partial charge >= 0.3 is 0 Å². The number of rotatable bonds is 8. The normalized spacial score (nSPS) is 11.3. The fourth-order valence-electron chi connectivity index (χ4n) is 1.62. The zero-order valence-electron chi connectivity index (χ0n) is 11.3. The highest BCUT2D eigenvalue weighted by Crippen LogP contribution is 2.13. The molecular weight excluding hydrogens is 252 g/mol. The summed E-state index contributed by atoms with van der Waals surface area (Å²) in [6.45, 7) is 4.35. The maximum absolute atomic E-state index is 12.4. The predicted molar refractivity (Wildman–Crippen MR) is 71.5 cm³/mol.